The van der Waals surface area contributed by atoms with E-state index in [0.29, 0.717) is 12.3 Å². The third-order valence-electron chi connectivity index (χ3n) is 3.96. The zero-order valence-electron chi connectivity index (χ0n) is 14.9. The van der Waals surface area contributed by atoms with Gasteiger partial charge in [0.1, 0.15) is 17.6 Å². The van der Waals surface area contributed by atoms with Gasteiger partial charge in [0.15, 0.2) is 6.61 Å². The molecule has 1 unspecified atom stereocenters. The van der Waals surface area contributed by atoms with Gasteiger partial charge < -0.3 is 19.9 Å². The summed E-state index contributed by atoms with van der Waals surface area (Å²) in [5.41, 5.74) is 0.850. The Labute approximate surface area is 162 Å². The minimum atomic E-state index is -0.654. The molecular weight excluding hydrogens is 362 g/mol. The Hall–Kier alpha value is -2.83. The van der Waals surface area contributed by atoms with Crippen LogP contribution in [0.2, 0.25) is 0 Å². The Kier molecular flexibility index (Phi) is 6.46. The molecule has 2 aromatic carbocycles. The Bertz CT molecular complexity index is 861. The lowest BCUT2D eigenvalue weighted by Gasteiger charge is -2.08. The van der Waals surface area contributed by atoms with Crippen LogP contribution < -0.4 is 14.8 Å². The van der Waals surface area contributed by atoms with Crippen molar-refractivity contribution in [2.75, 3.05) is 13.7 Å². The van der Waals surface area contributed by atoms with Crippen LogP contribution >= 0.6 is 11.3 Å². The summed E-state index contributed by atoms with van der Waals surface area (Å²) in [5, 5.41) is 13.2. The van der Waals surface area contributed by atoms with E-state index in [2.05, 4.69) is 5.32 Å². The number of amides is 1. The van der Waals surface area contributed by atoms with Crippen LogP contribution in [0, 0.1) is 0 Å². The Morgan fingerprint density at radius 3 is 2.44 bits per heavy atom. The first kappa shape index (κ1) is 18.9. The zero-order chi connectivity index (χ0) is 19.1. The number of nitrogens with one attached hydrogen (secondary N) is 1. The summed E-state index contributed by atoms with van der Waals surface area (Å²) >= 11 is 1.48. The smallest absolute Gasteiger partial charge is 0.258 e. The fourth-order valence-electron chi connectivity index (χ4n) is 2.49. The van der Waals surface area contributed by atoms with Gasteiger partial charge in [-0.1, -0.05) is 30.3 Å². The SMILES string of the molecule is COc1ccc(OCC(=O)NCc2ccc(C(O)c3ccccc3)s2)cc1. The van der Waals surface area contributed by atoms with Crippen molar-refractivity contribution in [1.82, 2.24) is 5.32 Å². The number of carbonyl (C=O) groups is 1. The van der Waals surface area contributed by atoms with Crippen molar-refractivity contribution < 1.29 is 19.4 Å². The largest absolute Gasteiger partial charge is 0.497 e. The second kappa shape index (κ2) is 9.21. The summed E-state index contributed by atoms with van der Waals surface area (Å²) in [6.45, 7) is 0.341. The highest BCUT2D eigenvalue weighted by molar-refractivity contribution is 7.12. The van der Waals surface area contributed by atoms with Gasteiger partial charge in [0, 0.05) is 9.75 Å². The van der Waals surface area contributed by atoms with Gasteiger partial charge in [-0.3, -0.25) is 4.79 Å². The van der Waals surface area contributed by atoms with Crippen LogP contribution in [-0.2, 0) is 11.3 Å². The molecule has 1 aromatic heterocycles. The molecule has 2 N–H and O–H groups in total. The van der Waals surface area contributed by atoms with E-state index in [1.165, 1.54) is 11.3 Å². The fourth-order valence-corrected chi connectivity index (χ4v) is 3.46. The zero-order valence-corrected chi connectivity index (χ0v) is 15.7. The first-order valence-electron chi connectivity index (χ1n) is 8.51. The number of thiophene rings is 1. The maximum Gasteiger partial charge on any atom is 0.258 e. The van der Waals surface area contributed by atoms with Crippen LogP contribution in [0.5, 0.6) is 11.5 Å². The summed E-state index contributed by atoms with van der Waals surface area (Å²) in [4.78, 5) is 13.8. The predicted molar refractivity (Wildman–Crippen MR) is 105 cm³/mol. The second-order valence-corrected chi connectivity index (χ2v) is 7.06. The van der Waals surface area contributed by atoms with Crippen molar-refractivity contribution in [3.8, 4) is 11.5 Å². The second-order valence-electron chi connectivity index (χ2n) is 5.86. The summed E-state index contributed by atoms with van der Waals surface area (Å²) < 4.78 is 10.5. The molecule has 3 aromatic rings. The number of aliphatic hydroxyl groups excluding tert-OH is 1. The molecule has 0 aliphatic heterocycles. The lowest BCUT2D eigenvalue weighted by Crippen LogP contribution is -2.28. The normalized spacial score (nSPS) is 11.6. The van der Waals surface area contributed by atoms with Crippen LogP contribution in [0.1, 0.15) is 21.4 Å². The van der Waals surface area contributed by atoms with E-state index in [9.17, 15) is 9.90 Å². The van der Waals surface area contributed by atoms with Crippen LogP contribution in [0.15, 0.2) is 66.7 Å². The van der Waals surface area contributed by atoms with E-state index in [1.54, 1.807) is 31.4 Å². The third kappa shape index (κ3) is 5.32. The van der Waals surface area contributed by atoms with Crippen molar-refractivity contribution in [3.63, 3.8) is 0 Å². The van der Waals surface area contributed by atoms with Gasteiger partial charge in [0.25, 0.3) is 5.91 Å². The summed E-state index contributed by atoms with van der Waals surface area (Å²) in [5.74, 6) is 1.14. The molecule has 0 fully saturated rings. The first-order valence-corrected chi connectivity index (χ1v) is 9.32. The fraction of sp³-hybridized carbons (Fsp3) is 0.190. The quantitative estimate of drug-likeness (QED) is 0.624. The van der Waals surface area contributed by atoms with E-state index in [1.807, 2.05) is 42.5 Å². The van der Waals surface area contributed by atoms with Gasteiger partial charge in [-0.15, -0.1) is 11.3 Å². The Morgan fingerprint density at radius 1 is 1.04 bits per heavy atom. The number of aliphatic hydroxyl groups is 1. The van der Waals surface area contributed by atoms with E-state index < -0.39 is 6.10 Å². The van der Waals surface area contributed by atoms with Crippen molar-refractivity contribution in [2.45, 2.75) is 12.6 Å². The maximum atomic E-state index is 12.0. The number of rotatable bonds is 8. The van der Waals surface area contributed by atoms with Crippen molar-refractivity contribution in [1.29, 1.82) is 0 Å². The number of methoxy groups -OCH3 is 1. The van der Waals surface area contributed by atoms with Gasteiger partial charge in [-0.05, 0) is 42.0 Å². The molecule has 0 bridgehead atoms. The standard InChI is InChI=1S/C21H21NO4S/c1-25-16-7-9-17(10-8-16)26-14-20(23)22-13-18-11-12-19(27-18)21(24)15-5-3-2-4-6-15/h2-12,21,24H,13-14H2,1H3,(H,22,23). The van der Waals surface area contributed by atoms with Crippen molar-refractivity contribution in [2.24, 2.45) is 0 Å². The van der Waals surface area contributed by atoms with Crippen molar-refractivity contribution >= 4 is 17.2 Å². The molecule has 1 heterocycles. The Balaban J connectivity index is 1.47. The average Bonchev–Trinajstić information content (AvgIpc) is 3.20. The molecule has 3 rings (SSSR count). The molecule has 0 aliphatic rings. The van der Waals surface area contributed by atoms with Gasteiger partial charge in [-0.25, -0.2) is 0 Å². The molecule has 27 heavy (non-hydrogen) atoms. The van der Waals surface area contributed by atoms with E-state index in [4.69, 9.17) is 9.47 Å². The van der Waals surface area contributed by atoms with Crippen LogP contribution in [0.25, 0.3) is 0 Å². The van der Waals surface area contributed by atoms with Gasteiger partial charge in [0.2, 0.25) is 0 Å². The van der Waals surface area contributed by atoms with E-state index in [0.717, 1.165) is 21.1 Å². The monoisotopic (exact) mass is 383 g/mol. The third-order valence-corrected chi connectivity index (χ3v) is 5.09. The lowest BCUT2D eigenvalue weighted by atomic mass is 10.1. The Morgan fingerprint density at radius 2 is 1.74 bits per heavy atom. The van der Waals surface area contributed by atoms with Gasteiger partial charge in [0.05, 0.1) is 13.7 Å². The molecule has 0 saturated carbocycles. The summed E-state index contributed by atoms with van der Waals surface area (Å²) in [6, 6.07) is 20.4. The lowest BCUT2D eigenvalue weighted by molar-refractivity contribution is -0.123. The van der Waals surface area contributed by atoms with Crippen LogP contribution in [0.3, 0.4) is 0 Å². The number of hydrogen-bond acceptors (Lipinski definition) is 5. The molecular formula is C21H21NO4S. The predicted octanol–water partition coefficient (Wildman–Crippen LogP) is 3.53. The van der Waals surface area contributed by atoms with Gasteiger partial charge in [-0.2, -0.15) is 0 Å². The molecule has 0 spiro atoms. The minimum Gasteiger partial charge on any atom is -0.497 e. The topological polar surface area (TPSA) is 67.8 Å². The minimum absolute atomic E-state index is 0.0583. The molecule has 6 heteroatoms. The molecule has 1 amide bonds. The number of ether oxygens (including phenoxy) is 2. The summed E-state index contributed by atoms with van der Waals surface area (Å²) in [7, 11) is 1.60. The molecule has 0 aliphatic carbocycles. The molecule has 5 nitrogen and oxygen atoms in total. The highest BCUT2D eigenvalue weighted by Crippen LogP contribution is 2.28. The van der Waals surface area contributed by atoms with E-state index >= 15 is 0 Å². The van der Waals surface area contributed by atoms with Crippen molar-refractivity contribution in [3.05, 3.63) is 82.0 Å². The molecule has 0 saturated heterocycles. The molecule has 140 valence electrons. The first-order chi connectivity index (χ1) is 13.2. The average molecular weight is 383 g/mol. The number of carbonyl (C=O) groups excluding carboxylic acids is 1. The van der Waals surface area contributed by atoms with Gasteiger partial charge >= 0.3 is 0 Å². The molecule has 1 atom stereocenters. The maximum absolute atomic E-state index is 12.0. The molecule has 0 radical (unpaired) electrons. The highest BCUT2D eigenvalue weighted by Gasteiger charge is 2.13. The van der Waals surface area contributed by atoms with Crippen LogP contribution in [0.4, 0.5) is 0 Å². The highest BCUT2D eigenvalue weighted by atomic mass is 32.1. The number of benzene rings is 2. The van der Waals surface area contributed by atoms with Crippen LogP contribution in [-0.4, -0.2) is 24.7 Å². The summed E-state index contributed by atoms with van der Waals surface area (Å²) in [6.07, 6.45) is -0.654. The number of hydrogen-bond donors (Lipinski definition) is 2. The van der Waals surface area contributed by atoms with E-state index in [-0.39, 0.29) is 12.5 Å².